The van der Waals surface area contributed by atoms with Crippen molar-refractivity contribution in [2.45, 2.75) is 17.9 Å². The summed E-state index contributed by atoms with van der Waals surface area (Å²) in [7, 11) is -3.60. The van der Waals surface area contributed by atoms with Gasteiger partial charge in [0.1, 0.15) is 0 Å². The van der Waals surface area contributed by atoms with E-state index in [0.717, 1.165) is 5.56 Å². The van der Waals surface area contributed by atoms with Gasteiger partial charge in [-0.25, -0.2) is 13.1 Å². The number of nitrogens with zero attached hydrogens (tertiary/aromatic N) is 3. The van der Waals surface area contributed by atoms with Crippen molar-refractivity contribution in [3.05, 3.63) is 35.7 Å². The van der Waals surface area contributed by atoms with Crippen molar-refractivity contribution in [1.29, 1.82) is 0 Å². The van der Waals surface area contributed by atoms with Gasteiger partial charge in [-0.3, -0.25) is 0 Å². The van der Waals surface area contributed by atoms with E-state index in [1.54, 1.807) is 12.1 Å². The van der Waals surface area contributed by atoms with Crippen LogP contribution in [0.1, 0.15) is 11.4 Å². The minimum absolute atomic E-state index is 0.0299. The Hall–Kier alpha value is -1.84. The van der Waals surface area contributed by atoms with Crippen molar-refractivity contribution in [2.75, 3.05) is 6.61 Å². The van der Waals surface area contributed by atoms with E-state index in [1.807, 2.05) is 0 Å². The van der Waals surface area contributed by atoms with Gasteiger partial charge >= 0.3 is 0 Å². The molecule has 0 unspecified atom stereocenters. The van der Waals surface area contributed by atoms with E-state index < -0.39 is 10.0 Å². The first-order valence-corrected chi connectivity index (χ1v) is 7.02. The van der Waals surface area contributed by atoms with Crippen LogP contribution < -0.4 is 4.72 Å². The molecule has 8 nitrogen and oxygen atoms in total. The standard InChI is InChI=1S/C10H13N5O3S/c16-6-5-8-1-3-9(4-2-8)19(17,18)11-7-10-12-14-15-13-10/h1-4,11,16H,5-7H2,(H,12,13,14,15). The number of hydrogen-bond donors (Lipinski definition) is 3. The summed E-state index contributed by atoms with van der Waals surface area (Å²) < 4.78 is 26.3. The zero-order valence-electron chi connectivity index (χ0n) is 9.94. The molecule has 3 N–H and O–H groups in total. The molecule has 0 atom stereocenters. The number of rotatable bonds is 6. The van der Waals surface area contributed by atoms with Crippen molar-refractivity contribution < 1.29 is 13.5 Å². The number of benzene rings is 1. The summed E-state index contributed by atoms with van der Waals surface area (Å²) >= 11 is 0. The van der Waals surface area contributed by atoms with Crippen LogP contribution in [0, 0.1) is 0 Å². The molecule has 102 valence electrons. The Morgan fingerprint density at radius 1 is 1.26 bits per heavy atom. The van der Waals surface area contributed by atoms with Crippen LogP contribution in [0.4, 0.5) is 0 Å². The van der Waals surface area contributed by atoms with Crippen LogP contribution in [0.3, 0.4) is 0 Å². The molecule has 0 radical (unpaired) electrons. The third-order valence-electron chi connectivity index (χ3n) is 2.44. The lowest BCUT2D eigenvalue weighted by atomic mass is 10.2. The molecule has 1 aromatic carbocycles. The van der Waals surface area contributed by atoms with Gasteiger partial charge in [0.05, 0.1) is 11.4 Å². The van der Waals surface area contributed by atoms with Crippen molar-refractivity contribution in [3.63, 3.8) is 0 Å². The number of tetrazole rings is 1. The van der Waals surface area contributed by atoms with Crippen LogP contribution in [0.15, 0.2) is 29.2 Å². The van der Waals surface area contributed by atoms with Crippen LogP contribution in [0.25, 0.3) is 0 Å². The minimum atomic E-state index is -3.60. The Labute approximate surface area is 109 Å². The predicted octanol–water partition coefficient (Wildman–Crippen LogP) is -0.787. The van der Waals surface area contributed by atoms with Gasteiger partial charge in [-0.05, 0) is 24.1 Å². The molecular weight excluding hydrogens is 270 g/mol. The molecule has 0 spiro atoms. The second-order valence-electron chi connectivity index (χ2n) is 3.77. The first kappa shape index (κ1) is 13.6. The molecule has 0 bridgehead atoms. The van der Waals surface area contributed by atoms with E-state index in [-0.39, 0.29) is 23.9 Å². The first-order chi connectivity index (χ1) is 9.12. The van der Waals surface area contributed by atoms with E-state index >= 15 is 0 Å². The maximum atomic E-state index is 11.9. The smallest absolute Gasteiger partial charge is 0.240 e. The fourth-order valence-electron chi connectivity index (χ4n) is 1.46. The van der Waals surface area contributed by atoms with Gasteiger partial charge in [-0.2, -0.15) is 5.21 Å². The summed E-state index contributed by atoms with van der Waals surface area (Å²) in [6, 6.07) is 6.31. The van der Waals surface area contributed by atoms with Crippen LogP contribution in [0.2, 0.25) is 0 Å². The number of sulfonamides is 1. The molecule has 2 rings (SSSR count). The Morgan fingerprint density at radius 3 is 2.58 bits per heavy atom. The van der Waals surface area contributed by atoms with Crippen molar-refractivity contribution in [3.8, 4) is 0 Å². The van der Waals surface area contributed by atoms with E-state index in [4.69, 9.17) is 5.11 Å². The first-order valence-electron chi connectivity index (χ1n) is 5.53. The molecule has 1 aromatic heterocycles. The van der Waals surface area contributed by atoms with Crippen LogP contribution in [0.5, 0.6) is 0 Å². The largest absolute Gasteiger partial charge is 0.396 e. The number of H-pyrrole nitrogens is 1. The van der Waals surface area contributed by atoms with Crippen molar-refractivity contribution in [2.24, 2.45) is 0 Å². The summed E-state index contributed by atoms with van der Waals surface area (Å²) in [6.45, 7) is -0.000596. The monoisotopic (exact) mass is 283 g/mol. The second kappa shape index (κ2) is 5.87. The number of hydrogen-bond acceptors (Lipinski definition) is 6. The molecular formula is C10H13N5O3S. The molecule has 0 amide bonds. The van der Waals surface area contributed by atoms with E-state index in [1.165, 1.54) is 12.1 Å². The highest BCUT2D eigenvalue weighted by atomic mass is 32.2. The van der Waals surface area contributed by atoms with Crippen LogP contribution >= 0.6 is 0 Å². The normalized spacial score (nSPS) is 11.6. The maximum absolute atomic E-state index is 11.9. The number of aliphatic hydroxyl groups is 1. The summed E-state index contributed by atoms with van der Waals surface area (Å²) in [5, 5.41) is 21.7. The highest BCUT2D eigenvalue weighted by Gasteiger charge is 2.14. The zero-order chi connectivity index (χ0) is 13.7. The Balaban J connectivity index is 2.06. The number of aromatic nitrogens is 4. The molecule has 9 heteroatoms. The van der Waals surface area contributed by atoms with Gasteiger partial charge in [0, 0.05) is 6.61 Å². The van der Waals surface area contributed by atoms with Crippen molar-refractivity contribution >= 4 is 10.0 Å². The number of nitrogens with one attached hydrogen (secondary N) is 2. The lowest BCUT2D eigenvalue weighted by Crippen LogP contribution is -2.23. The van der Waals surface area contributed by atoms with E-state index in [2.05, 4.69) is 25.3 Å². The molecule has 0 aliphatic rings. The molecule has 0 saturated carbocycles. The number of aliphatic hydroxyl groups excluding tert-OH is 1. The predicted molar refractivity (Wildman–Crippen MR) is 65.4 cm³/mol. The van der Waals surface area contributed by atoms with Gasteiger partial charge in [0.2, 0.25) is 10.0 Å². The topological polar surface area (TPSA) is 121 Å². The van der Waals surface area contributed by atoms with Gasteiger partial charge in [-0.1, -0.05) is 17.3 Å². The van der Waals surface area contributed by atoms with Crippen LogP contribution in [-0.4, -0.2) is 40.8 Å². The SMILES string of the molecule is O=S(=O)(NCc1nn[nH]n1)c1ccc(CCO)cc1. The number of aromatic amines is 1. The van der Waals surface area contributed by atoms with Crippen LogP contribution in [-0.2, 0) is 23.0 Å². The average Bonchev–Trinajstić information content (AvgIpc) is 2.91. The minimum Gasteiger partial charge on any atom is -0.396 e. The fourth-order valence-corrected chi connectivity index (χ4v) is 2.44. The second-order valence-corrected chi connectivity index (χ2v) is 5.54. The molecule has 2 aromatic rings. The molecule has 0 aliphatic heterocycles. The molecule has 19 heavy (non-hydrogen) atoms. The van der Waals surface area contributed by atoms with E-state index in [0.29, 0.717) is 6.42 Å². The quantitative estimate of drug-likeness (QED) is 0.639. The van der Waals surface area contributed by atoms with E-state index in [9.17, 15) is 8.42 Å². The summed E-state index contributed by atoms with van der Waals surface area (Å²) in [6.07, 6.45) is 0.497. The zero-order valence-corrected chi connectivity index (χ0v) is 10.8. The van der Waals surface area contributed by atoms with Crippen molar-refractivity contribution in [1.82, 2.24) is 25.3 Å². The molecule has 0 saturated heterocycles. The Kier molecular flexibility index (Phi) is 4.20. The van der Waals surface area contributed by atoms with Gasteiger partial charge in [0.15, 0.2) is 5.82 Å². The summed E-state index contributed by atoms with van der Waals surface area (Å²) in [5.41, 5.74) is 0.875. The van der Waals surface area contributed by atoms with Gasteiger partial charge < -0.3 is 5.11 Å². The maximum Gasteiger partial charge on any atom is 0.240 e. The Morgan fingerprint density at radius 2 is 2.00 bits per heavy atom. The van der Waals surface area contributed by atoms with Gasteiger partial charge in [-0.15, -0.1) is 10.2 Å². The molecule has 0 aliphatic carbocycles. The molecule has 1 heterocycles. The third kappa shape index (κ3) is 3.56. The highest BCUT2D eigenvalue weighted by molar-refractivity contribution is 7.89. The molecule has 0 fully saturated rings. The average molecular weight is 283 g/mol. The lowest BCUT2D eigenvalue weighted by molar-refractivity contribution is 0.299. The Bertz CT molecular complexity index is 609. The summed E-state index contributed by atoms with van der Waals surface area (Å²) in [5.74, 6) is 0.264. The summed E-state index contributed by atoms with van der Waals surface area (Å²) in [4.78, 5) is 0.151. The highest BCUT2D eigenvalue weighted by Crippen LogP contribution is 2.11. The van der Waals surface area contributed by atoms with Gasteiger partial charge in [0.25, 0.3) is 0 Å². The fraction of sp³-hybridized carbons (Fsp3) is 0.300. The third-order valence-corrected chi connectivity index (χ3v) is 3.86. The lowest BCUT2D eigenvalue weighted by Gasteiger charge is -2.05.